The Hall–Kier alpha value is -5.07. The Labute approximate surface area is 423 Å². The van der Waals surface area contributed by atoms with E-state index in [0.29, 0.717) is 44.9 Å². The Morgan fingerprint density at radius 2 is 1.57 bits per heavy atom. The summed E-state index contributed by atoms with van der Waals surface area (Å²) < 4.78 is 25.2. The summed E-state index contributed by atoms with van der Waals surface area (Å²) in [6.45, 7) is 21.6. The van der Waals surface area contributed by atoms with Crippen molar-refractivity contribution in [2.45, 2.75) is 137 Å². The lowest BCUT2D eigenvalue weighted by molar-refractivity contribution is -0.112. The number of phenolic OH excluding ortho intramolecular Hbond substituents is 2. The monoisotopic (exact) mass is 999 g/mol. The SMILES string of the molecule is CO[C@H]1/C=C/O[C@@]2(C)Oc3c(C)c(O)c4c(O)c(c5c(c4c3C2=O)=NC2(CCN(CC(C)C)CC2)N=5)NC(=O)/C(C)=C\C=C\C(C)[C@H](O)[C@@H](C)[C@@H](O)[C@@H](C)[C@H](OC(=O)N2CCCC3(CCN(C)CC3)C2)[C@@H]1C. The number of phenols is 2. The number of carbonyl (C=O) groups is 3. The molecule has 2 aromatic rings. The van der Waals surface area contributed by atoms with Gasteiger partial charge >= 0.3 is 11.9 Å². The molecule has 3 fully saturated rings. The van der Waals surface area contributed by atoms with Crippen molar-refractivity contribution in [1.82, 2.24) is 14.7 Å². The zero-order chi connectivity index (χ0) is 52.2. The number of aromatic hydroxyl groups is 2. The molecule has 1 unspecified atom stereocenters. The molecule has 7 aliphatic heterocycles. The van der Waals surface area contributed by atoms with Crippen molar-refractivity contribution in [2.24, 2.45) is 45.0 Å². The number of carbonyl (C=O) groups excluding carboxylic acids is 3. The Balaban J connectivity index is 1.20. The number of nitrogens with one attached hydrogen (secondary N) is 1. The van der Waals surface area contributed by atoms with Gasteiger partial charge in [0, 0.05) is 99.8 Å². The molecule has 2 spiro atoms. The minimum atomic E-state index is -1.98. The molecule has 9 atom stereocenters. The van der Waals surface area contributed by atoms with Gasteiger partial charge in [-0.05, 0) is 77.1 Å². The number of likely N-dealkylation sites (tertiary alicyclic amines) is 3. The van der Waals surface area contributed by atoms with Crippen molar-refractivity contribution in [1.29, 1.82) is 0 Å². The van der Waals surface area contributed by atoms with Crippen LogP contribution < -0.4 is 20.8 Å². The lowest BCUT2D eigenvalue weighted by atomic mass is 9.72. The third kappa shape index (κ3) is 10.00. The molecule has 7 aliphatic rings. The predicted octanol–water partition coefficient (Wildman–Crippen LogP) is 6.13. The number of aliphatic hydroxyl groups is 2. The van der Waals surface area contributed by atoms with E-state index in [1.54, 1.807) is 56.9 Å². The van der Waals surface area contributed by atoms with Crippen LogP contribution in [0, 0.1) is 41.9 Å². The highest BCUT2D eigenvalue weighted by atomic mass is 16.7. The van der Waals surface area contributed by atoms with Gasteiger partial charge in [0.05, 0.1) is 40.9 Å². The van der Waals surface area contributed by atoms with Gasteiger partial charge in [-0.2, -0.15) is 0 Å². The first kappa shape index (κ1) is 53.2. The van der Waals surface area contributed by atoms with Crippen LogP contribution in [0.15, 0.2) is 46.1 Å². The van der Waals surface area contributed by atoms with Gasteiger partial charge in [-0.25, -0.2) is 4.79 Å². The van der Waals surface area contributed by atoms with Crippen molar-refractivity contribution in [3.05, 3.63) is 58.0 Å². The van der Waals surface area contributed by atoms with E-state index in [0.717, 1.165) is 45.3 Å². The second kappa shape index (κ2) is 20.7. The van der Waals surface area contributed by atoms with Crippen molar-refractivity contribution in [3.8, 4) is 17.2 Å². The Morgan fingerprint density at radius 1 is 0.889 bits per heavy atom. The summed E-state index contributed by atoms with van der Waals surface area (Å²) in [6, 6.07) is 0. The largest absolute Gasteiger partial charge is 0.507 e. The second-order valence-corrected chi connectivity index (χ2v) is 22.6. The fourth-order valence-corrected chi connectivity index (χ4v) is 12.1. The molecule has 9 rings (SSSR count). The fraction of sp³-hybridized carbons (Fsp3) is 0.655. The van der Waals surface area contributed by atoms with E-state index in [9.17, 15) is 34.8 Å². The van der Waals surface area contributed by atoms with Gasteiger partial charge in [0.15, 0.2) is 11.4 Å². The molecular weight excluding hydrogens is 921 g/mol. The molecule has 72 heavy (non-hydrogen) atoms. The van der Waals surface area contributed by atoms with Gasteiger partial charge in [0.2, 0.25) is 0 Å². The van der Waals surface area contributed by atoms with E-state index in [1.165, 1.54) is 20.3 Å². The zero-order valence-electron chi connectivity index (χ0n) is 44.2. The van der Waals surface area contributed by atoms with Gasteiger partial charge in [0.25, 0.3) is 11.7 Å². The van der Waals surface area contributed by atoms with Crippen molar-refractivity contribution in [3.63, 3.8) is 0 Å². The molecule has 17 nitrogen and oxygen atoms in total. The van der Waals surface area contributed by atoms with Gasteiger partial charge in [0.1, 0.15) is 28.6 Å². The first-order valence-electron chi connectivity index (χ1n) is 26.1. The van der Waals surface area contributed by atoms with Gasteiger partial charge in [-0.3, -0.25) is 19.6 Å². The second-order valence-electron chi connectivity index (χ2n) is 22.6. The maximum Gasteiger partial charge on any atom is 0.410 e. The summed E-state index contributed by atoms with van der Waals surface area (Å²) in [6.07, 6.45) is 8.50. The van der Waals surface area contributed by atoms with Crippen molar-refractivity contribution >= 4 is 34.2 Å². The van der Waals surface area contributed by atoms with Gasteiger partial charge in [-0.1, -0.05) is 59.8 Å². The summed E-state index contributed by atoms with van der Waals surface area (Å²) in [5, 5.41) is 51.4. The fourth-order valence-electron chi connectivity index (χ4n) is 12.1. The summed E-state index contributed by atoms with van der Waals surface area (Å²) in [7, 11) is 3.63. The number of ether oxygens (including phenoxy) is 4. The number of amides is 2. The van der Waals surface area contributed by atoms with Crippen LogP contribution in [0.5, 0.6) is 17.2 Å². The normalized spacial score (nSPS) is 32.9. The third-order valence-corrected chi connectivity index (χ3v) is 16.8. The van der Waals surface area contributed by atoms with Crippen LogP contribution >= 0.6 is 0 Å². The van der Waals surface area contributed by atoms with E-state index in [4.69, 9.17) is 28.9 Å². The van der Waals surface area contributed by atoms with Crippen molar-refractivity contribution in [2.75, 3.05) is 65.3 Å². The van der Waals surface area contributed by atoms with Crippen molar-refractivity contribution < 1.29 is 53.8 Å². The lowest BCUT2D eigenvalue weighted by Crippen LogP contribution is -2.53. The minimum absolute atomic E-state index is 0.0155. The topological polar surface area (TPSA) is 216 Å². The molecule has 0 aliphatic carbocycles. The number of ketones is 1. The minimum Gasteiger partial charge on any atom is -0.507 e. The average Bonchev–Trinajstić information content (AvgIpc) is 3.85. The molecule has 0 saturated carbocycles. The zero-order valence-corrected chi connectivity index (χ0v) is 44.2. The molecule has 2 amide bonds. The molecule has 5 N–H and O–H groups in total. The van der Waals surface area contributed by atoms with Crippen LogP contribution in [0.4, 0.5) is 10.5 Å². The van der Waals surface area contributed by atoms with Crippen LogP contribution in [-0.2, 0) is 19.0 Å². The molecule has 17 heteroatoms. The third-order valence-electron chi connectivity index (χ3n) is 16.8. The molecule has 0 radical (unpaired) electrons. The molecule has 394 valence electrons. The quantitative estimate of drug-likeness (QED) is 0.218. The standard InChI is InChI=1S/C55H78N6O11/c1-30(2)28-60-25-20-55(21-26-60)57-41-38-39-46(64)36(8)49-40(38)50(66)53(9,72-49)70-27-16-37(69-11)33(5)48(71-52(68)61-22-13-17-54(29-61)18-23-59(10)24-19-54)35(7)45(63)34(6)44(62)31(3)14-12-15-32(4)51(67)56-43(47(39)65)42(41)58-55/h12,14-16,27,30-31,33-35,37,44-45,48,62-65H,13,17-26,28-29H2,1-11H3,(H,56,67)/b14-12+,27-16+,32-15-/t31?,33-,34-,35-,37+,44+,45-,48-,53+/m1/s1. The number of anilines is 1. The molecule has 2 aromatic carbocycles. The Kier molecular flexibility index (Phi) is 15.3. The van der Waals surface area contributed by atoms with Crippen LogP contribution in [0.3, 0.4) is 0 Å². The van der Waals surface area contributed by atoms with E-state index >= 15 is 0 Å². The van der Waals surface area contributed by atoms with E-state index < -0.39 is 83.1 Å². The lowest BCUT2D eigenvalue weighted by Gasteiger charge is -2.47. The Morgan fingerprint density at radius 3 is 2.24 bits per heavy atom. The summed E-state index contributed by atoms with van der Waals surface area (Å²) in [5.41, 5.74) is -0.545. The maximum absolute atomic E-state index is 15.0. The maximum atomic E-state index is 15.0. The molecule has 7 heterocycles. The smallest absolute Gasteiger partial charge is 0.410 e. The average molecular weight is 999 g/mol. The molecule has 3 saturated heterocycles. The van der Waals surface area contributed by atoms with Crippen LogP contribution in [0.25, 0.3) is 10.8 Å². The molecule has 5 bridgehead atoms. The number of hydrogen-bond acceptors (Lipinski definition) is 15. The van der Waals surface area contributed by atoms with Gasteiger partial charge in [-0.15, -0.1) is 0 Å². The van der Waals surface area contributed by atoms with Crippen LogP contribution in [0.2, 0.25) is 0 Å². The first-order chi connectivity index (χ1) is 34.0. The Bertz CT molecular complexity index is 2650. The number of nitrogens with zero attached hydrogens (tertiary/aromatic N) is 5. The molecule has 0 aromatic heterocycles. The number of piperidine rings is 3. The highest BCUT2D eigenvalue weighted by Gasteiger charge is 2.51. The number of fused-ring (bicyclic) bond motifs is 13. The highest BCUT2D eigenvalue weighted by Crippen LogP contribution is 2.50. The number of benzene rings is 2. The van der Waals surface area contributed by atoms with E-state index in [-0.39, 0.29) is 60.8 Å². The van der Waals surface area contributed by atoms with E-state index in [1.807, 2.05) is 13.8 Å². The molecular formula is C55H78N6O11. The summed E-state index contributed by atoms with van der Waals surface area (Å²) in [5.74, 6) is -5.98. The number of methoxy groups -OCH3 is 1. The number of rotatable bonds is 4. The highest BCUT2D eigenvalue weighted by molar-refractivity contribution is 6.19. The van der Waals surface area contributed by atoms with Crippen LogP contribution in [0.1, 0.15) is 110 Å². The van der Waals surface area contributed by atoms with E-state index in [2.05, 4.69) is 36.0 Å². The summed E-state index contributed by atoms with van der Waals surface area (Å²) in [4.78, 5) is 60.3. The summed E-state index contributed by atoms with van der Waals surface area (Å²) >= 11 is 0. The van der Waals surface area contributed by atoms with Gasteiger partial charge < -0.3 is 59.4 Å². The number of Topliss-reactive ketones (excluding diaryl/α,β-unsaturated/α-hetero) is 1. The number of allylic oxidation sites excluding steroid dienone is 2. The van der Waals surface area contributed by atoms with Crippen LogP contribution in [-0.4, -0.2) is 149 Å². The number of hydrogen-bond donors (Lipinski definition) is 5. The number of aliphatic hydroxyl groups excluding tert-OH is 2. The first-order valence-corrected chi connectivity index (χ1v) is 26.1. The predicted molar refractivity (Wildman–Crippen MR) is 272 cm³/mol.